The summed E-state index contributed by atoms with van der Waals surface area (Å²) >= 11 is 0. The van der Waals surface area contributed by atoms with Crippen LogP contribution in [0.15, 0.2) is 76.5 Å². The molecule has 0 radical (unpaired) electrons. The second kappa shape index (κ2) is 8.04. The van der Waals surface area contributed by atoms with Crippen LogP contribution < -0.4 is 15.5 Å². The fourth-order valence-electron chi connectivity index (χ4n) is 4.70. The molecule has 32 heavy (non-hydrogen) atoms. The number of ketones is 1. The molecule has 1 unspecified atom stereocenters. The Labute approximate surface area is 186 Å². The molecule has 2 aliphatic rings. The van der Waals surface area contributed by atoms with Crippen molar-refractivity contribution >= 4 is 28.9 Å². The van der Waals surface area contributed by atoms with Gasteiger partial charge in [-0.1, -0.05) is 18.2 Å². The second-order valence-corrected chi connectivity index (χ2v) is 8.41. The maximum Gasteiger partial charge on any atom is 0.327 e. The largest absolute Gasteiger partial charge is 0.467 e. The zero-order chi connectivity index (χ0) is 22.2. The maximum absolute atomic E-state index is 13.8. The number of carbonyl (C=O) groups is 2. The number of urea groups is 1. The van der Waals surface area contributed by atoms with E-state index in [9.17, 15) is 9.59 Å². The molecule has 0 saturated heterocycles. The van der Waals surface area contributed by atoms with E-state index in [-0.39, 0.29) is 11.8 Å². The fraction of sp³-hybridized carbons (Fsp3) is 0.231. The van der Waals surface area contributed by atoms with Crippen LogP contribution in [-0.2, 0) is 4.79 Å². The molecule has 1 aliphatic heterocycles. The molecule has 0 bridgehead atoms. The molecular formula is C26H25N3O3. The average Bonchev–Trinajstić information content (AvgIpc) is 3.22. The van der Waals surface area contributed by atoms with Gasteiger partial charge in [-0.25, -0.2) is 4.79 Å². The summed E-state index contributed by atoms with van der Waals surface area (Å²) in [6.07, 6.45) is 3.57. The number of amides is 2. The Kier molecular flexibility index (Phi) is 5.05. The molecule has 2 amide bonds. The molecule has 6 nitrogen and oxygen atoms in total. The quantitative estimate of drug-likeness (QED) is 0.517. The second-order valence-electron chi connectivity index (χ2n) is 8.41. The highest BCUT2D eigenvalue weighted by atomic mass is 16.3. The molecule has 5 rings (SSSR count). The lowest BCUT2D eigenvalue weighted by atomic mass is 9.88. The van der Waals surface area contributed by atoms with Crippen LogP contribution in [-0.4, -0.2) is 11.8 Å². The summed E-state index contributed by atoms with van der Waals surface area (Å²) in [5.41, 5.74) is 5.78. The molecule has 0 saturated carbocycles. The first-order chi connectivity index (χ1) is 15.5. The Bertz CT molecular complexity index is 1210. The summed E-state index contributed by atoms with van der Waals surface area (Å²) in [5.74, 6) is 0.596. The van der Waals surface area contributed by atoms with Gasteiger partial charge in [-0.15, -0.1) is 0 Å². The minimum Gasteiger partial charge on any atom is -0.467 e. The van der Waals surface area contributed by atoms with Crippen molar-refractivity contribution in [3.8, 4) is 0 Å². The number of hydrogen-bond acceptors (Lipinski definition) is 4. The Hall–Kier alpha value is -3.80. The van der Waals surface area contributed by atoms with E-state index in [2.05, 4.69) is 16.7 Å². The van der Waals surface area contributed by atoms with Gasteiger partial charge in [-0.3, -0.25) is 9.69 Å². The molecule has 1 aromatic heterocycles. The molecule has 0 spiro atoms. The van der Waals surface area contributed by atoms with Gasteiger partial charge in [0.2, 0.25) is 0 Å². The van der Waals surface area contributed by atoms with Gasteiger partial charge in [0, 0.05) is 23.4 Å². The van der Waals surface area contributed by atoms with E-state index in [1.807, 2.05) is 56.3 Å². The number of furan rings is 1. The number of benzene rings is 2. The Balaban J connectivity index is 1.67. The van der Waals surface area contributed by atoms with Crippen molar-refractivity contribution in [3.05, 3.63) is 89.0 Å². The number of fused-ring (bicyclic) bond motifs is 1. The van der Waals surface area contributed by atoms with Crippen LogP contribution in [0.25, 0.3) is 0 Å². The maximum atomic E-state index is 13.8. The van der Waals surface area contributed by atoms with E-state index >= 15 is 0 Å². The van der Waals surface area contributed by atoms with Crippen LogP contribution in [0.2, 0.25) is 0 Å². The van der Waals surface area contributed by atoms with Crippen molar-refractivity contribution < 1.29 is 14.0 Å². The Morgan fingerprint density at radius 2 is 1.84 bits per heavy atom. The average molecular weight is 428 g/mol. The van der Waals surface area contributed by atoms with Crippen LogP contribution in [0.1, 0.15) is 42.2 Å². The van der Waals surface area contributed by atoms with Crippen molar-refractivity contribution in [2.75, 3.05) is 15.5 Å². The molecule has 6 heteroatoms. The number of Topliss-reactive ketones (excluding diaryl/α,β-unsaturated/α-hetero) is 1. The normalized spacial score (nSPS) is 17.9. The highest BCUT2D eigenvalue weighted by molar-refractivity contribution is 6.09. The van der Waals surface area contributed by atoms with Crippen molar-refractivity contribution in [2.24, 2.45) is 0 Å². The Morgan fingerprint density at radius 3 is 2.59 bits per heavy atom. The van der Waals surface area contributed by atoms with Gasteiger partial charge in [-0.05, 0) is 74.2 Å². The van der Waals surface area contributed by atoms with Gasteiger partial charge in [0.1, 0.15) is 11.8 Å². The minimum atomic E-state index is -0.658. The molecule has 2 heterocycles. The molecule has 2 N–H and O–H groups in total. The first kappa shape index (κ1) is 20.1. The number of rotatable bonds is 2. The van der Waals surface area contributed by atoms with Gasteiger partial charge in [-0.2, -0.15) is 0 Å². The van der Waals surface area contributed by atoms with E-state index in [4.69, 9.17) is 4.42 Å². The third kappa shape index (κ3) is 3.58. The van der Waals surface area contributed by atoms with Crippen LogP contribution in [0.4, 0.5) is 21.9 Å². The zero-order valence-corrected chi connectivity index (χ0v) is 18.1. The van der Waals surface area contributed by atoms with Gasteiger partial charge < -0.3 is 15.1 Å². The number of nitrogens with zero attached hydrogens (tertiary/aromatic N) is 1. The highest BCUT2D eigenvalue weighted by Gasteiger charge is 2.41. The molecule has 3 aromatic rings. The zero-order valence-electron chi connectivity index (χ0n) is 18.1. The number of anilines is 3. The third-order valence-electron chi connectivity index (χ3n) is 5.94. The first-order valence-corrected chi connectivity index (χ1v) is 10.9. The van der Waals surface area contributed by atoms with Crippen molar-refractivity contribution in [2.45, 2.75) is 39.2 Å². The van der Waals surface area contributed by atoms with E-state index in [1.54, 1.807) is 17.2 Å². The summed E-state index contributed by atoms with van der Waals surface area (Å²) in [6.45, 7) is 3.99. The summed E-state index contributed by atoms with van der Waals surface area (Å²) in [6, 6.07) is 16.2. The lowest BCUT2D eigenvalue weighted by Crippen LogP contribution is -2.40. The molecule has 2 aromatic carbocycles. The van der Waals surface area contributed by atoms with E-state index < -0.39 is 6.04 Å². The Morgan fingerprint density at radius 1 is 1.06 bits per heavy atom. The van der Waals surface area contributed by atoms with E-state index in [1.165, 1.54) is 0 Å². The summed E-state index contributed by atoms with van der Waals surface area (Å²) in [7, 11) is 0. The predicted octanol–water partition coefficient (Wildman–Crippen LogP) is 6.11. The lowest BCUT2D eigenvalue weighted by molar-refractivity contribution is -0.116. The van der Waals surface area contributed by atoms with E-state index in [0.29, 0.717) is 29.1 Å². The summed E-state index contributed by atoms with van der Waals surface area (Å²) in [4.78, 5) is 28.6. The molecule has 1 aliphatic carbocycles. The predicted molar refractivity (Wildman–Crippen MR) is 125 cm³/mol. The van der Waals surface area contributed by atoms with Crippen LogP contribution in [0, 0.1) is 13.8 Å². The topological polar surface area (TPSA) is 74.6 Å². The summed E-state index contributed by atoms with van der Waals surface area (Å²) in [5, 5.41) is 6.49. The summed E-state index contributed by atoms with van der Waals surface area (Å²) < 4.78 is 5.77. The number of allylic oxidation sites excluding steroid dienone is 1. The first-order valence-electron chi connectivity index (χ1n) is 10.9. The lowest BCUT2D eigenvalue weighted by Gasteiger charge is -2.32. The van der Waals surface area contributed by atoms with Gasteiger partial charge in [0.05, 0.1) is 17.6 Å². The van der Waals surface area contributed by atoms with Gasteiger partial charge in [0.25, 0.3) is 0 Å². The monoisotopic (exact) mass is 427 g/mol. The van der Waals surface area contributed by atoms with Crippen molar-refractivity contribution in [1.82, 2.24) is 0 Å². The number of carbonyl (C=O) groups excluding carboxylic acids is 2. The molecular weight excluding hydrogens is 402 g/mol. The molecule has 162 valence electrons. The van der Waals surface area contributed by atoms with Crippen LogP contribution in [0.3, 0.4) is 0 Å². The SMILES string of the molecule is Cc1cc(C)cc(NC(=O)N2c3ccccc3NC3=C(C(=O)CCC3)C2c2ccco2)c1. The van der Waals surface area contributed by atoms with Crippen LogP contribution >= 0.6 is 0 Å². The van der Waals surface area contributed by atoms with Crippen LogP contribution in [0.5, 0.6) is 0 Å². The third-order valence-corrected chi connectivity index (χ3v) is 5.94. The number of para-hydroxylation sites is 2. The van der Waals surface area contributed by atoms with E-state index in [0.717, 1.165) is 35.4 Å². The smallest absolute Gasteiger partial charge is 0.327 e. The van der Waals surface area contributed by atoms with Gasteiger partial charge >= 0.3 is 6.03 Å². The minimum absolute atomic E-state index is 0.0390. The highest BCUT2D eigenvalue weighted by Crippen LogP contribution is 2.45. The standard InChI is InChI=1S/C26H25N3O3/c1-16-13-17(2)15-18(14-16)27-26(31)29-21-9-4-3-7-19(21)28-20-8-5-10-22(30)24(20)25(29)23-11-6-12-32-23/h3-4,6-7,9,11-15,25,28H,5,8,10H2,1-2H3,(H,27,31). The number of aryl methyl sites for hydroxylation is 2. The number of hydrogen-bond donors (Lipinski definition) is 2. The van der Waals surface area contributed by atoms with Crippen molar-refractivity contribution in [3.63, 3.8) is 0 Å². The number of nitrogens with one attached hydrogen (secondary N) is 2. The van der Waals surface area contributed by atoms with Crippen molar-refractivity contribution in [1.29, 1.82) is 0 Å². The molecule has 1 atom stereocenters. The van der Waals surface area contributed by atoms with Gasteiger partial charge in [0.15, 0.2) is 5.78 Å². The molecule has 0 fully saturated rings. The fourth-order valence-corrected chi connectivity index (χ4v) is 4.70.